The number of rotatable bonds is 2. The molecule has 4 nitrogen and oxygen atoms in total. The van der Waals surface area contributed by atoms with Crippen molar-refractivity contribution in [2.24, 2.45) is 0 Å². The summed E-state index contributed by atoms with van der Waals surface area (Å²) >= 11 is 0. The third-order valence-corrected chi connectivity index (χ3v) is 3.33. The Labute approximate surface area is 110 Å². The molecular formula is C14H14FN3O. The molecule has 0 saturated carbocycles. The molecule has 3 rings (SSSR count). The van der Waals surface area contributed by atoms with E-state index in [9.17, 15) is 9.18 Å². The quantitative estimate of drug-likeness (QED) is 0.828. The van der Waals surface area contributed by atoms with Gasteiger partial charge in [-0.2, -0.15) is 0 Å². The zero-order chi connectivity index (χ0) is 13.2. The van der Waals surface area contributed by atoms with E-state index < -0.39 is 6.17 Å². The van der Waals surface area contributed by atoms with E-state index in [4.69, 9.17) is 0 Å². The topological polar surface area (TPSA) is 38.1 Å². The molecule has 2 heterocycles. The number of carbonyl (C=O) groups is 1. The van der Waals surface area contributed by atoms with Gasteiger partial charge in [0, 0.05) is 30.2 Å². The Morgan fingerprint density at radius 3 is 2.68 bits per heavy atom. The van der Waals surface area contributed by atoms with E-state index in [-0.39, 0.29) is 12.5 Å². The van der Waals surface area contributed by atoms with Crippen molar-refractivity contribution >= 4 is 5.91 Å². The molecule has 1 aliphatic heterocycles. The lowest BCUT2D eigenvalue weighted by Crippen LogP contribution is -2.28. The smallest absolute Gasteiger partial charge is 0.253 e. The maximum atomic E-state index is 13.1. The number of hydrogen-bond donors (Lipinski definition) is 0. The van der Waals surface area contributed by atoms with Gasteiger partial charge in [0.25, 0.3) is 5.91 Å². The van der Waals surface area contributed by atoms with Gasteiger partial charge in [0.1, 0.15) is 6.17 Å². The SMILES string of the molecule is O=C(c1ccc(-n2ccnc2)cc1)N1CCC(F)C1. The van der Waals surface area contributed by atoms with Gasteiger partial charge >= 0.3 is 0 Å². The van der Waals surface area contributed by atoms with Gasteiger partial charge in [0.2, 0.25) is 0 Å². The van der Waals surface area contributed by atoms with Gasteiger partial charge in [0.05, 0.1) is 12.9 Å². The summed E-state index contributed by atoms with van der Waals surface area (Å²) in [6.45, 7) is 0.714. The summed E-state index contributed by atoms with van der Waals surface area (Å²) in [7, 11) is 0. The third kappa shape index (κ3) is 2.36. The highest BCUT2D eigenvalue weighted by Gasteiger charge is 2.26. The first-order chi connectivity index (χ1) is 9.24. The zero-order valence-electron chi connectivity index (χ0n) is 10.4. The number of amides is 1. The number of alkyl halides is 1. The molecule has 19 heavy (non-hydrogen) atoms. The van der Waals surface area contributed by atoms with Crippen LogP contribution in [0.3, 0.4) is 0 Å². The largest absolute Gasteiger partial charge is 0.336 e. The van der Waals surface area contributed by atoms with Gasteiger partial charge in [-0.15, -0.1) is 0 Å². The van der Waals surface area contributed by atoms with Gasteiger partial charge in [-0.05, 0) is 30.7 Å². The molecule has 1 aromatic heterocycles. The van der Waals surface area contributed by atoms with Crippen LogP contribution in [0.1, 0.15) is 16.8 Å². The summed E-state index contributed by atoms with van der Waals surface area (Å²) in [5, 5.41) is 0. The van der Waals surface area contributed by atoms with Crippen LogP contribution in [-0.2, 0) is 0 Å². The van der Waals surface area contributed by atoms with Gasteiger partial charge in [-0.25, -0.2) is 9.37 Å². The Morgan fingerprint density at radius 2 is 2.11 bits per heavy atom. The van der Waals surface area contributed by atoms with Gasteiger partial charge in [-0.3, -0.25) is 4.79 Å². The van der Waals surface area contributed by atoms with Crippen molar-refractivity contribution in [1.82, 2.24) is 14.5 Å². The summed E-state index contributed by atoms with van der Waals surface area (Å²) < 4.78 is 15.0. The van der Waals surface area contributed by atoms with Crippen LogP contribution in [0.2, 0.25) is 0 Å². The summed E-state index contributed by atoms with van der Waals surface area (Å²) in [6.07, 6.45) is 4.80. The van der Waals surface area contributed by atoms with Crippen LogP contribution in [-0.4, -0.2) is 39.6 Å². The van der Waals surface area contributed by atoms with Crippen LogP contribution in [0.5, 0.6) is 0 Å². The highest BCUT2D eigenvalue weighted by molar-refractivity contribution is 5.94. The highest BCUT2D eigenvalue weighted by Crippen LogP contribution is 2.17. The lowest BCUT2D eigenvalue weighted by atomic mass is 10.2. The van der Waals surface area contributed by atoms with Crippen molar-refractivity contribution < 1.29 is 9.18 Å². The van der Waals surface area contributed by atoms with E-state index >= 15 is 0 Å². The van der Waals surface area contributed by atoms with Crippen LogP contribution in [0.4, 0.5) is 4.39 Å². The number of nitrogens with zero attached hydrogens (tertiary/aromatic N) is 3. The Hall–Kier alpha value is -2.17. The van der Waals surface area contributed by atoms with Crippen molar-refractivity contribution in [3.05, 3.63) is 48.5 Å². The fourth-order valence-electron chi connectivity index (χ4n) is 2.27. The normalized spacial score (nSPS) is 18.8. The molecule has 1 atom stereocenters. The number of aromatic nitrogens is 2. The monoisotopic (exact) mass is 259 g/mol. The molecule has 1 aromatic carbocycles. The first-order valence-electron chi connectivity index (χ1n) is 6.26. The fourth-order valence-corrected chi connectivity index (χ4v) is 2.27. The lowest BCUT2D eigenvalue weighted by Gasteiger charge is -2.15. The molecule has 1 fully saturated rings. The van der Waals surface area contributed by atoms with Crippen LogP contribution >= 0.6 is 0 Å². The molecule has 1 amide bonds. The van der Waals surface area contributed by atoms with Crippen molar-refractivity contribution in [3.8, 4) is 5.69 Å². The van der Waals surface area contributed by atoms with Crippen molar-refractivity contribution in [2.45, 2.75) is 12.6 Å². The number of likely N-dealkylation sites (tertiary alicyclic amines) is 1. The van der Waals surface area contributed by atoms with Crippen molar-refractivity contribution in [1.29, 1.82) is 0 Å². The number of benzene rings is 1. The average Bonchev–Trinajstić information content (AvgIpc) is 3.09. The van der Waals surface area contributed by atoms with Gasteiger partial charge in [0.15, 0.2) is 0 Å². The van der Waals surface area contributed by atoms with E-state index in [1.54, 1.807) is 29.6 Å². The van der Waals surface area contributed by atoms with Crippen LogP contribution in [0, 0.1) is 0 Å². The van der Waals surface area contributed by atoms with Crippen molar-refractivity contribution in [3.63, 3.8) is 0 Å². The predicted octanol–water partition coefficient (Wildman–Crippen LogP) is 2.06. The predicted molar refractivity (Wildman–Crippen MR) is 69.0 cm³/mol. The zero-order valence-corrected chi connectivity index (χ0v) is 10.4. The Balaban J connectivity index is 1.77. The molecule has 1 saturated heterocycles. The van der Waals surface area contributed by atoms with E-state index in [0.717, 1.165) is 5.69 Å². The summed E-state index contributed by atoms with van der Waals surface area (Å²) in [6, 6.07) is 7.25. The summed E-state index contributed by atoms with van der Waals surface area (Å²) in [5.74, 6) is -0.0997. The second-order valence-corrected chi connectivity index (χ2v) is 4.65. The maximum Gasteiger partial charge on any atom is 0.253 e. The summed E-state index contributed by atoms with van der Waals surface area (Å²) in [4.78, 5) is 17.7. The second kappa shape index (κ2) is 4.84. The Kier molecular flexibility index (Phi) is 3.03. The second-order valence-electron chi connectivity index (χ2n) is 4.65. The molecular weight excluding hydrogens is 245 g/mol. The van der Waals surface area contributed by atoms with E-state index in [1.165, 1.54) is 0 Å². The number of imidazole rings is 1. The van der Waals surface area contributed by atoms with Crippen LogP contribution in [0.15, 0.2) is 43.0 Å². The molecule has 5 heteroatoms. The standard InChI is InChI=1S/C14H14FN3O/c15-12-5-7-17(9-12)14(19)11-1-3-13(4-2-11)18-8-6-16-10-18/h1-4,6,8,10,12H,5,7,9H2. The molecule has 0 radical (unpaired) electrons. The van der Waals surface area contributed by atoms with E-state index in [2.05, 4.69) is 4.98 Å². The first-order valence-corrected chi connectivity index (χ1v) is 6.26. The fraction of sp³-hybridized carbons (Fsp3) is 0.286. The lowest BCUT2D eigenvalue weighted by molar-refractivity contribution is 0.0783. The molecule has 1 aliphatic rings. The van der Waals surface area contributed by atoms with E-state index in [1.807, 2.05) is 22.9 Å². The number of hydrogen-bond acceptors (Lipinski definition) is 2. The molecule has 0 N–H and O–H groups in total. The van der Waals surface area contributed by atoms with Crippen LogP contribution in [0.25, 0.3) is 5.69 Å². The Bertz CT molecular complexity index is 565. The summed E-state index contributed by atoms with van der Waals surface area (Å²) in [5.41, 5.74) is 1.54. The molecule has 1 unspecified atom stereocenters. The van der Waals surface area contributed by atoms with Crippen molar-refractivity contribution in [2.75, 3.05) is 13.1 Å². The Morgan fingerprint density at radius 1 is 1.32 bits per heavy atom. The number of halogens is 1. The minimum Gasteiger partial charge on any atom is -0.336 e. The molecule has 0 aliphatic carbocycles. The molecule has 2 aromatic rings. The molecule has 0 bridgehead atoms. The maximum absolute atomic E-state index is 13.1. The van der Waals surface area contributed by atoms with Gasteiger partial charge in [-0.1, -0.05) is 0 Å². The third-order valence-electron chi connectivity index (χ3n) is 3.33. The minimum absolute atomic E-state index is 0.0997. The average molecular weight is 259 g/mol. The van der Waals surface area contributed by atoms with E-state index in [0.29, 0.717) is 18.5 Å². The molecule has 98 valence electrons. The van der Waals surface area contributed by atoms with Crippen LogP contribution < -0.4 is 0 Å². The molecule has 0 spiro atoms. The minimum atomic E-state index is -0.880. The first kappa shape index (κ1) is 11.9. The van der Waals surface area contributed by atoms with Gasteiger partial charge < -0.3 is 9.47 Å². The number of carbonyl (C=O) groups excluding carboxylic acids is 1. The highest BCUT2D eigenvalue weighted by atomic mass is 19.1.